The standard InChI is InChI=1S/C14H21N3O2/c1-9(2)12-10(6-15-8-17-12)13(19)16-7-11(18)14(3,4)5/h6,8-9H,7H2,1-5H3,(H,16,19). The van der Waals surface area contributed by atoms with Crippen LogP contribution in [0.1, 0.15) is 56.6 Å². The molecule has 1 aromatic heterocycles. The van der Waals surface area contributed by atoms with Crippen molar-refractivity contribution in [1.82, 2.24) is 15.3 Å². The van der Waals surface area contributed by atoms with Crippen molar-refractivity contribution in [2.24, 2.45) is 5.41 Å². The summed E-state index contributed by atoms with van der Waals surface area (Å²) in [6, 6.07) is 0. The molecule has 0 aromatic carbocycles. The quantitative estimate of drug-likeness (QED) is 0.901. The summed E-state index contributed by atoms with van der Waals surface area (Å²) in [5.41, 5.74) is 0.663. The van der Waals surface area contributed by atoms with Crippen LogP contribution in [0.3, 0.4) is 0 Å². The Labute approximate surface area is 113 Å². The number of aromatic nitrogens is 2. The number of rotatable bonds is 4. The molecule has 0 saturated heterocycles. The normalized spacial score (nSPS) is 11.5. The van der Waals surface area contributed by atoms with Crippen LogP contribution in [0.25, 0.3) is 0 Å². The Kier molecular flexibility index (Phi) is 4.75. The van der Waals surface area contributed by atoms with E-state index in [1.54, 1.807) is 0 Å². The van der Waals surface area contributed by atoms with Crippen molar-refractivity contribution in [2.75, 3.05) is 6.54 Å². The molecule has 19 heavy (non-hydrogen) atoms. The van der Waals surface area contributed by atoms with Crippen LogP contribution >= 0.6 is 0 Å². The Balaban J connectivity index is 2.77. The van der Waals surface area contributed by atoms with Gasteiger partial charge in [-0.05, 0) is 5.92 Å². The zero-order chi connectivity index (χ0) is 14.6. The minimum Gasteiger partial charge on any atom is -0.345 e. The molecule has 104 valence electrons. The van der Waals surface area contributed by atoms with Crippen molar-refractivity contribution in [2.45, 2.75) is 40.5 Å². The molecule has 0 aliphatic heterocycles. The van der Waals surface area contributed by atoms with Crippen molar-refractivity contribution in [3.05, 3.63) is 23.8 Å². The second-order valence-corrected chi connectivity index (χ2v) is 5.83. The molecule has 0 unspecified atom stereocenters. The lowest BCUT2D eigenvalue weighted by Crippen LogP contribution is -2.36. The number of hydrogen-bond acceptors (Lipinski definition) is 4. The third-order valence-electron chi connectivity index (χ3n) is 2.78. The van der Waals surface area contributed by atoms with Crippen molar-refractivity contribution in [1.29, 1.82) is 0 Å². The second kappa shape index (κ2) is 5.91. The number of amides is 1. The number of nitrogens with one attached hydrogen (secondary N) is 1. The van der Waals surface area contributed by atoms with E-state index in [2.05, 4.69) is 15.3 Å². The lowest BCUT2D eigenvalue weighted by Gasteiger charge is -2.17. The maximum Gasteiger partial charge on any atom is 0.255 e. The van der Waals surface area contributed by atoms with Crippen LogP contribution in [-0.2, 0) is 4.79 Å². The molecule has 1 heterocycles. The van der Waals surface area contributed by atoms with Crippen molar-refractivity contribution in [3.8, 4) is 0 Å². The summed E-state index contributed by atoms with van der Waals surface area (Å²) in [6.45, 7) is 9.42. The fourth-order valence-electron chi connectivity index (χ4n) is 1.50. The van der Waals surface area contributed by atoms with Gasteiger partial charge in [0, 0.05) is 11.6 Å². The molecule has 0 fully saturated rings. The van der Waals surface area contributed by atoms with Gasteiger partial charge in [0.25, 0.3) is 5.91 Å². The number of carbonyl (C=O) groups is 2. The lowest BCUT2D eigenvalue weighted by molar-refractivity contribution is -0.125. The third kappa shape index (κ3) is 4.12. The van der Waals surface area contributed by atoms with E-state index in [9.17, 15) is 9.59 Å². The van der Waals surface area contributed by atoms with Crippen molar-refractivity contribution < 1.29 is 9.59 Å². The van der Waals surface area contributed by atoms with Gasteiger partial charge in [-0.1, -0.05) is 34.6 Å². The summed E-state index contributed by atoms with van der Waals surface area (Å²) in [4.78, 5) is 31.8. The number of hydrogen-bond donors (Lipinski definition) is 1. The monoisotopic (exact) mass is 263 g/mol. The van der Waals surface area contributed by atoms with Crippen molar-refractivity contribution >= 4 is 11.7 Å². The van der Waals surface area contributed by atoms with Crippen LogP contribution in [0.5, 0.6) is 0 Å². The van der Waals surface area contributed by atoms with E-state index in [0.29, 0.717) is 11.3 Å². The summed E-state index contributed by atoms with van der Waals surface area (Å²) in [5, 5.41) is 2.63. The number of nitrogens with zero attached hydrogens (tertiary/aromatic N) is 2. The molecule has 0 aliphatic carbocycles. The first kappa shape index (κ1) is 15.3. The average Bonchev–Trinajstić information content (AvgIpc) is 2.34. The van der Waals surface area contributed by atoms with E-state index in [1.807, 2.05) is 34.6 Å². The van der Waals surface area contributed by atoms with E-state index in [4.69, 9.17) is 0 Å². The average molecular weight is 263 g/mol. The minimum absolute atomic E-state index is 0.0104. The predicted octanol–water partition coefficient (Wildman–Crippen LogP) is 1.94. The Morgan fingerprint density at radius 1 is 1.32 bits per heavy atom. The van der Waals surface area contributed by atoms with Crippen LogP contribution in [0.4, 0.5) is 0 Å². The Bertz CT molecular complexity index is 476. The van der Waals surface area contributed by atoms with E-state index in [1.165, 1.54) is 12.5 Å². The molecular formula is C14H21N3O2. The van der Waals surface area contributed by atoms with Gasteiger partial charge in [-0.15, -0.1) is 0 Å². The molecule has 0 atom stereocenters. The molecule has 0 aliphatic rings. The van der Waals surface area contributed by atoms with Crippen LogP contribution < -0.4 is 5.32 Å². The molecular weight excluding hydrogens is 242 g/mol. The van der Waals surface area contributed by atoms with Gasteiger partial charge in [-0.25, -0.2) is 9.97 Å². The SMILES string of the molecule is CC(C)c1ncncc1C(=O)NCC(=O)C(C)(C)C. The van der Waals surface area contributed by atoms with E-state index >= 15 is 0 Å². The van der Waals surface area contributed by atoms with Crippen LogP contribution in [0.15, 0.2) is 12.5 Å². The van der Waals surface area contributed by atoms with Gasteiger partial charge in [0.2, 0.25) is 0 Å². The molecule has 1 amide bonds. The van der Waals surface area contributed by atoms with Crippen LogP contribution in [0, 0.1) is 5.41 Å². The van der Waals surface area contributed by atoms with E-state index in [0.717, 1.165) is 0 Å². The number of carbonyl (C=O) groups excluding carboxylic acids is 2. The van der Waals surface area contributed by atoms with E-state index in [-0.39, 0.29) is 24.2 Å². The highest BCUT2D eigenvalue weighted by Gasteiger charge is 2.22. The third-order valence-corrected chi connectivity index (χ3v) is 2.78. The van der Waals surface area contributed by atoms with Gasteiger partial charge in [-0.3, -0.25) is 9.59 Å². The fraction of sp³-hybridized carbons (Fsp3) is 0.571. The first-order chi connectivity index (χ1) is 8.73. The number of ketones is 1. The molecule has 1 N–H and O–H groups in total. The molecule has 1 aromatic rings. The maximum atomic E-state index is 12.1. The number of Topliss-reactive ketones (excluding diaryl/α,β-unsaturated/α-hetero) is 1. The zero-order valence-corrected chi connectivity index (χ0v) is 12.2. The summed E-state index contributed by atoms with van der Waals surface area (Å²) in [6.07, 6.45) is 2.91. The zero-order valence-electron chi connectivity index (χ0n) is 12.2. The van der Waals surface area contributed by atoms with Crippen LogP contribution in [-0.4, -0.2) is 28.2 Å². The molecule has 0 bridgehead atoms. The highest BCUT2D eigenvalue weighted by molar-refractivity contribution is 5.98. The summed E-state index contributed by atoms with van der Waals surface area (Å²) in [7, 11) is 0. The largest absolute Gasteiger partial charge is 0.345 e. The molecule has 0 saturated carbocycles. The molecule has 0 spiro atoms. The van der Waals surface area contributed by atoms with E-state index < -0.39 is 5.41 Å². The minimum atomic E-state index is -0.457. The Morgan fingerprint density at radius 2 is 1.95 bits per heavy atom. The molecule has 5 nitrogen and oxygen atoms in total. The first-order valence-electron chi connectivity index (χ1n) is 6.35. The topological polar surface area (TPSA) is 72.0 Å². The maximum absolute atomic E-state index is 12.1. The fourth-order valence-corrected chi connectivity index (χ4v) is 1.50. The highest BCUT2D eigenvalue weighted by atomic mass is 16.2. The Morgan fingerprint density at radius 3 is 2.47 bits per heavy atom. The second-order valence-electron chi connectivity index (χ2n) is 5.83. The predicted molar refractivity (Wildman–Crippen MR) is 72.9 cm³/mol. The van der Waals surface area contributed by atoms with Gasteiger partial charge in [0.15, 0.2) is 5.78 Å². The smallest absolute Gasteiger partial charge is 0.255 e. The highest BCUT2D eigenvalue weighted by Crippen LogP contribution is 2.16. The molecule has 5 heteroatoms. The summed E-state index contributed by atoms with van der Waals surface area (Å²) in [5.74, 6) is -0.187. The van der Waals surface area contributed by atoms with Gasteiger partial charge in [-0.2, -0.15) is 0 Å². The van der Waals surface area contributed by atoms with Gasteiger partial charge in [0.1, 0.15) is 6.33 Å². The van der Waals surface area contributed by atoms with Gasteiger partial charge in [0.05, 0.1) is 17.8 Å². The Hall–Kier alpha value is -1.78. The van der Waals surface area contributed by atoms with Gasteiger partial charge < -0.3 is 5.32 Å². The first-order valence-corrected chi connectivity index (χ1v) is 6.35. The molecule has 1 rings (SSSR count). The summed E-state index contributed by atoms with van der Waals surface area (Å²) >= 11 is 0. The lowest BCUT2D eigenvalue weighted by atomic mass is 9.91. The van der Waals surface area contributed by atoms with Crippen molar-refractivity contribution in [3.63, 3.8) is 0 Å². The van der Waals surface area contributed by atoms with Crippen LogP contribution in [0.2, 0.25) is 0 Å². The van der Waals surface area contributed by atoms with Gasteiger partial charge >= 0.3 is 0 Å². The molecule has 0 radical (unpaired) electrons. The summed E-state index contributed by atoms with van der Waals surface area (Å²) < 4.78 is 0.